The molecule has 1 aliphatic heterocycles. The number of fused-ring (bicyclic) bond motifs is 1. The van der Waals surface area contributed by atoms with Gasteiger partial charge in [-0.25, -0.2) is 4.79 Å². The summed E-state index contributed by atoms with van der Waals surface area (Å²) in [5, 5.41) is 7.22. The van der Waals surface area contributed by atoms with Crippen LogP contribution in [0.25, 0.3) is 0 Å². The van der Waals surface area contributed by atoms with E-state index in [-0.39, 0.29) is 18.1 Å². The van der Waals surface area contributed by atoms with E-state index in [4.69, 9.17) is 0 Å². The molecule has 0 bridgehead atoms. The third-order valence-electron chi connectivity index (χ3n) is 3.82. The van der Waals surface area contributed by atoms with Crippen LogP contribution in [0, 0.1) is 0 Å². The number of amides is 2. The number of para-hydroxylation sites is 1. The zero-order valence-corrected chi connectivity index (χ0v) is 12.4. The first-order valence-corrected chi connectivity index (χ1v) is 7.30. The Kier molecular flexibility index (Phi) is 3.64. The Hall–Kier alpha value is -2.30. The normalized spacial score (nSPS) is 18.4. The number of rotatable bonds is 3. The van der Waals surface area contributed by atoms with Crippen molar-refractivity contribution in [3.63, 3.8) is 0 Å². The Balaban J connectivity index is 1.68. The van der Waals surface area contributed by atoms with Crippen LogP contribution in [0.5, 0.6) is 0 Å². The van der Waals surface area contributed by atoms with E-state index in [2.05, 4.69) is 23.4 Å². The molecule has 0 unspecified atom stereocenters. The molecule has 5 nitrogen and oxygen atoms in total. The van der Waals surface area contributed by atoms with E-state index in [0.29, 0.717) is 6.54 Å². The third kappa shape index (κ3) is 2.77. The van der Waals surface area contributed by atoms with Crippen LogP contribution in [-0.4, -0.2) is 27.9 Å². The first kappa shape index (κ1) is 13.7. The van der Waals surface area contributed by atoms with E-state index in [1.165, 1.54) is 5.56 Å². The smallest absolute Gasteiger partial charge is 0.322 e. The highest BCUT2D eigenvalue weighted by Gasteiger charge is 2.30. The second kappa shape index (κ2) is 5.60. The number of benzene rings is 1. The molecule has 110 valence electrons. The van der Waals surface area contributed by atoms with Gasteiger partial charge in [-0.3, -0.25) is 9.58 Å². The first-order valence-electron chi connectivity index (χ1n) is 7.30. The fraction of sp³-hybridized carbons (Fsp3) is 0.375. The van der Waals surface area contributed by atoms with Gasteiger partial charge in [-0.2, -0.15) is 5.10 Å². The lowest BCUT2D eigenvalue weighted by atomic mass is 10.1. The van der Waals surface area contributed by atoms with E-state index >= 15 is 0 Å². The number of anilines is 1. The van der Waals surface area contributed by atoms with E-state index in [1.54, 1.807) is 6.20 Å². The van der Waals surface area contributed by atoms with E-state index in [9.17, 15) is 4.79 Å². The lowest BCUT2D eigenvalue weighted by Crippen LogP contribution is -2.47. The van der Waals surface area contributed by atoms with Gasteiger partial charge in [0, 0.05) is 30.2 Å². The second-order valence-electron chi connectivity index (χ2n) is 5.63. The molecule has 1 N–H and O–H groups in total. The molecule has 2 amide bonds. The molecule has 2 aromatic rings. The lowest BCUT2D eigenvalue weighted by molar-refractivity contribution is 0.240. The molecule has 1 aromatic heterocycles. The van der Waals surface area contributed by atoms with Crippen LogP contribution in [-0.2, 0) is 13.0 Å². The summed E-state index contributed by atoms with van der Waals surface area (Å²) in [6.07, 6.45) is 4.56. The largest absolute Gasteiger partial charge is 0.333 e. The summed E-state index contributed by atoms with van der Waals surface area (Å²) in [6.45, 7) is 4.74. The van der Waals surface area contributed by atoms with Crippen LogP contribution in [0.15, 0.2) is 42.7 Å². The monoisotopic (exact) mass is 284 g/mol. The number of carbonyl (C=O) groups excluding carboxylic acids is 1. The standard InChI is InChI=1S/C16H20N4O/c1-12(11-19-9-5-8-17-19)18-16(21)20-13(2)10-14-6-3-4-7-15(14)20/h3-9,12-13H,10-11H2,1-2H3,(H,18,21)/t12-,13-/m1/s1. The Morgan fingerprint density at radius 3 is 3.00 bits per heavy atom. The molecule has 2 atom stereocenters. The van der Waals surface area contributed by atoms with Crippen LogP contribution >= 0.6 is 0 Å². The SMILES string of the molecule is C[C@H](Cn1cccn1)NC(=O)N1c2ccccc2C[C@H]1C. The van der Waals surface area contributed by atoms with Crippen LogP contribution in [0.3, 0.4) is 0 Å². The third-order valence-corrected chi connectivity index (χ3v) is 3.82. The molecule has 0 aliphatic carbocycles. The van der Waals surface area contributed by atoms with Gasteiger partial charge in [0.05, 0.1) is 6.54 Å². The first-order chi connectivity index (χ1) is 10.1. The number of carbonyl (C=O) groups is 1. The molecule has 2 heterocycles. The predicted molar refractivity (Wildman–Crippen MR) is 82.3 cm³/mol. The Morgan fingerprint density at radius 2 is 2.24 bits per heavy atom. The van der Waals surface area contributed by atoms with Gasteiger partial charge in [0.15, 0.2) is 0 Å². The Morgan fingerprint density at radius 1 is 1.43 bits per heavy atom. The fourth-order valence-corrected chi connectivity index (χ4v) is 2.89. The van der Waals surface area contributed by atoms with Gasteiger partial charge in [-0.1, -0.05) is 18.2 Å². The van der Waals surface area contributed by atoms with E-state index in [1.807, 2.05) is 47.0 Å². The maximum atomic E-state index is 12.5. The van der Waals surface area contributed by atoms with Crippen LogP contribution < -0.4 is 10.2 Å². The van der Waals surface area contributed by atoms with Crippen molar-refractivity contribution in [1.82, 2.24) is 15.1 Å². The number of urea groups is 1. The average Bonchev–Trinajstić information content (AvgIpc) is 3.04. The fourth-order valence-electron chi connectivity index (χ4n) is 2.89. The Bertz CT molecular complexity index is 623. The number of aromatic nitrogens is 2. The van der Waals surface area contributed by atoms with Crippen molar-refractivity contribution in [2.24, 2.45) is 0 Å². The van der Waals surface area contributed by atoms with Gasteiger partial charge in [0.25, 0.3) is 0 Å². The zero-order chi connectivity index (χ0) is 14.8. The summed E-state index contributed by atoms with van der Waals surface area (Å²) < 4.78 is 1.83. The highest BCUT2D eigenvalue weighted by Crippen LogP contribution is 2.31. The minimum Gasteiger partial charge on any atom is -0.333 e. The summed E-state index contributed by atoms with van der Waals surface area (Å²) in [7, 11) is 0. The summed E-state index contributed by atoms with van der Waals surface area (Å²) in [5.74, 6) is 0. The maximum absolute atomic E-state index is 12.5. The van der Waals surface area contributed by atoms with Crippen LogP contribution in [0.4, 0.5) is 10.5 Å². The second-order valence-corrected chi connectivity index (χ2v) is 5.63. The highest BCUT2D eigenvalue weighted by atomic mass is 16.2. The molecule has 0 radical (unpaired) electrons. The van der Waals surface area contributed by atoms with Crippen molar-refractivity contribution in [3.8, 4) is 0 Å². The minimum absolute atomic E-state index is 0.0253. The number of hydrogen-bond acceptors (Lipinski definition) is 2. The summed E-state index contributed by atoms with van der Waals surface area (Å²) in [4.78, 5) is 14.4. The van der Waals surface area contributed by atoms with Gasteiger partial charge in [0.1, 0.15) is 0 Å². The molecule has 0 spiro atoms. The summed E-state index contributed by atoms with van der Waals surface area (Å²) in [6, 6.07) is 10.2. The molecule has 21 heavy (non-hydrogen) atoms. The molecule has 0 saturated carbocycles. The molecule has 3 rings (SSSR count). The van der Waals surface area contributed by atoms with Crippen molar-refractivity contribution < 1.29 is 4.79 Å². The van der Waals surface area contributed by atoms with Crippen molar-refractivity contribution >= 4 is 11.7 Å². The number of nitrogens with one attached hydrogen (secondary N) is 1. The van der Waals surface area contributed by atoms with Crippen molar-refractivity contribution in [3.05, 3.63) is 48.3 Å². The quantitative estimate of drug-likeness (QED) is 0.941. The molecular formula is C16H20N4O. The van der Waals surface area contributed by atoms with Crippen molar-refractivity contribution in [2.75, 3.05) is 4.90 Å². The van der Waals surface area contributed by atoms with Gasteiger partial charge in [0.2, 0.25) is 0 Å². The molecule has 1 aromatic carbocycles. The highest BCUT2D eigenvalue weighted by molar-refractivity contribution is 5.95. The topological polar surface area (TPSA) is 50.2 Å². The maximum Gasteiger partial charge on any atom is 0.322 e. The van der Waals surface area contributed by atoms with Gasteiger partial charge in [-0.05, 0) is 38.0 Å². The molecule has 1 aliphatic rings. The molecule has 0 fully saturated rings. The Labute approximate surface area is 124 Å². The lowest BCUT2D eigenvalue weighted by Gasteiger charge is -2.25. The minimum atomic E-state index is -0.0351. The molecule has 5 heteroatoms. The number of nitrogens with zero attached hydrogens (tertiary/aromatic N) is 3. The average molecular weight is 284 g/mol. The summed E-state index contributed by atoms with van der Waals surface area (Å²) in [5.41, 5.74) is 2.26. The van der Waals surface area contributed by atoms with Crippen molar-refractivity contribution in [2.45, 2.75) is 38.9 Å². The van der Waals surface area contributed by atoms with Gasteiger partial charge >= 0.3 is 6.03 Å². The zero-order valence-electron chi connectivity index (χ0n) is 12.4. The van der Waals surface area contributed by atoms with Gasteiger partial charge in [-0.15, -0.1) is 0 Å². The van der Waals surface area contributed by atoms with Crippen LogP contribution in [0.1, 0.15) is 19.4 Å². The van der Waals surface area contributed by atoms with E-state index in [0.717, 1.165) is 12.1 Å². The summed E-state index contributed by atoms with van der Waals surface area (Å²) >= 11 is 0. The van der Waals surface area contributed by atoms with Gasteiger partial charge < -0.3 is 5.32 Å². The van der Waals surface area contributed by atoms with Crippen LogP contribution in [0.2, 0.25) is 0 Å². The van der Waals surface area contributed by atoms with E-state index < -0.39 is 0 Å². The molecule has 0 saturated heterocycles. The molecular weight excluding hydrogens is 264 g/mol. The van der Waals surface area contributed by atoms with Crippen molar-refractivity contribution in [1.29, 1.82) is 0 Å². The predicted octanol–water partition coefficient (Wildman–Crippen LogP) is 2.43. The number of hydrogen-bond donors (Lipinski definition) is 1.